The van der Waals surface area contributed by atoms with Gasteiger partial charge in [0.2, 0.25) is 5.91 Å². The lowest BCUT2D eigenvalue weighted by Gasteiger charge is -2.07. The summed E-state index contributed by atoms with van der Waals surface area (Å²) in [7, 11) is 2.92. The van der Waals surface area contributed by atoms with Gasteiger partial charge in [0.15, 0.2) is 10.9 Å². The quantitative estimate of drug-likeness (QED) is 0.362. The van der Waals surface area contributed by atoms with Gasteiger partial charge in [-0.1, -0.05) is 11.8 Å². The maximum Gasteiger partial charge on any atom is 0.311 e. The zero-order valence-corrected chi connectivity index (χ0v) is 15.3. The van der Waals surface area contributed by atoms with E-state index >= 15 is 0 Å². The van der Waals surface area contributed by atoms with E-state index in [0.29, 0.717) is 16.6 Å². The minimum atomic E-state index is -0.545. The van der Waals surface area contributed by atoms with Crippen LogP contribution in [-0.4, -0.2) is 40.8 Å². The molecule has 9 nitrogen and oxygen atoms in total. The van der Waals surface area contributed by atoms with E-state index in [1.54, 1.807) is 7.11 Å². The first-order valence-electron chi connectivity index (χ1n) is 7.79. The zero-order chi connectivity index (χ0) is 19.4. The van der Waals surface area contributed by atoms with Gasteiger partial charge in [0.1, 0.15) is 5.75 Å². The van der Waals surface area contributed by atoms with Crippen LogP contribution >= 0.6 is 11.8 Å². The van der Waals surface area contributed by atoms with Crippen molar-refractivity contribution in [2.45, 2.75) is 5.16 Å². The molecule has 0 aliphatic heterocycles. The minimum absolute atomic E-state index is 0.0803. The lowest BCUT2D eigenvalue weighted by molar-refractivity contribution is -0.385. The van der Waals surface area contributed by atoms with Crippen molar-refractivity contribution in [3.05, 3.63) is 46.5 Å². The Morgan fingerprint density at radius 2 is 2.07 bits per heavy atom. The van der Waals surface area contributed by atoms with Crippen molar-refractivity contribution in [3.8, 4) is 11.5 Å². The molecule has 0 fully saturated rings. The molecule has 0 radical (unpaired) electrons. The van der Waals surface area contributed by atoms with Gasteiger partial charge in [-0.3, -0.25) is 14.9 Å². The number of imidazole rings is 1. The fraction of sp³-hybridized carbons (Fsp3) is 0.176. The number of hydrogen-bond donors (Lipinski definition) is 2. The summed E-state index contributed by atoms with van der Waals surface area (Å²) in [6, 6.07) is 9.62. The highest BCUT2D eigenvalue weighted by molar-refractivity contribution is 7.99. The lowest BCUT2D eigenvalue weighted by atomic mass is 10.2. The molecule has 3 rings (SSSR count). The van der Waals surface area contributed by atoms with E-state index in [1.165, 1.54) is 37.1 Å². The van der Waals surface area contributed by atoms with Crippen LogP contribution in [0.1, 0.15) is 0 Å². The Labute approximate surface area is 158 Å². The van der Waals surface area contributed by atoms with Gasteiger partial charge in [-0.2, -0.15) is 0 Å². The molecule has 2 N–H and O–H groups in total. The molecule has 0 atom stereocenters. The maximum absolute atomic E-state index is 12.2. The van der Waals surface area contributed by atoms with Crippen molar-refractivity contribution in [1.29, 1.82) is 0 Å². The number of nitrogens with one attached hydrogen (secondary N) is 2. The molecule has 10 heteroatoms. The number of ether oxygens (including phenoxy) is 2. The predicted molar refractivity (Wildman–Crippen MR) is 102 cm³/mol. The summed E-state index contributed by atoms with van der Waals surface area (Å²) in [5, 5.41) is 14.2. The highest BCUT2D eigenvalue weighted by atomic mass is 32.2. The number of aromatic nitrogens is 2. The first kappa shape index (κ1) is 18.5. The van der Waals surface area contributed by atoms with Crippen molar-refractivity contribution >= 4 is 40.1 Å². The van der Waals surface area contributed by atoms with Crippen molar-refractivity contribution < 1.29 is 19.2 Å². The fourth-order valence-corrected chi connectivity index (χ4v) is 3.08. The molecule has 0 saturated carbocycles. The van der Waals surface area contributed by atoms with E-state index in [1.807, 2.05) is 18.2 Å². The number of aromatic amines is 1. The summed E-state index contributed by atoms with van der Waals surface area (Å²) >= 11 is 1.25. The SMILES string of the molecule is COc1ccc2nc(SCC(=O)Nc3ccc([N+](=O)[O-])c(OC)c3)[nH]c2c1. The summed E-state index contributed by atoms with van der Waals surface area (Å²) in [6.45, 7) is 0. The van der Waals surface area contributed by atoms with Crippen LogP contribution in [0.25, 0.3) is 11.0 Å². The summed E-state index contributed by atoms with van der Waals surface area (Å²) in [4.78, 5) is 30.0. The van der Waals surface area contributed by atoms with Crippen LogP contribution in [0.15, 0.2) is 41.6 Å². The van der Waals surface area contributed by atoms with Crippen molar-refractivity contribution in [2.75, 3.05) is 25.3 Å². The summed E-state index contributed by atoms with van der Waals surface area (Å²) in [5.41, 5.74) is 1.84. The standard InChI is InChI=1S/C17H16N4O5S/c1-25-11-4-5-12-13(8-11)20-17(19-12)27-9-16(22)18-10-3-6-14(21(23)24)15(7-10)26-2/h3-8H,9H2,1-2H3,(H,18,22)(H,19,20). The number of carbonyl (C=O) groups is 1. The number of H-pyrrole nitrogens is 1. The molecular formula is C17H16N4O5S. The summed E-state index contributed by atoms with van der Waals surface area (Å²) < 4.78 is 10.2. The molecule has 0 spiro atoms. The number of benzene rings is 2. The normalized spacial score (nSPS) is 10.6. The highest BCUT2D eigenvalue weighted by Crippen LogP contribution is 2.30. The Bertz CT molecular complexity index is 1000. The van der Waals surface area contributed by atoms with Gasteiger partial charge in [0.25, 0.3) is 0 Å². The number of anilines is 1. The van der Waals surface area contributed by atoms with Gasteiger partial charge in [-0.15, -0.1) is 0 Å². The van der Waals surface area contributed by atoms with Crippen LogP contribution < -0.4 is 14.8 Å². The topological polar surface area (TPSA) is 119 Å². The van der Waals surface area contributed by atoms with Gasteiger partial charge in [-0.05, 0) is 18.2 Å². The molecule has 0 aliphatic carbocycles. The van der Waals surface area contributed by atoms with Crippen LogP contribution in [0.4, 0.5) is 11.4 Å². The third-order valence-electron chi connectivity index (χ3n) is 3.67. The number of carbonyl (C=O) groups excluding carboxylic acids is 1. The van der Waals surface area contributed by atoms with E-state index < -0.39 is 4.92 Å². The molecule has 1 amide bonds. The zero-order valence-electron chi connectivity index (χ0n) is 14.5. The second-order valence-electron chi connectivity index (χ2n) is 5.41. The maximum atomic E-state index is 12.2. The number of nitrogens with zero attached hydrogens (tertiary/aromatic N) is 2. The van der Waals surface area contributed by atoms with Crippen LogP contribution in [0.5, 0.6) is 11.5 Å². The van der Waals surface area contributed by atoms with Gasteiger partial charge < -0.3 is 19.8 Å². The van der Waals surface area contributed by atoms with Gasteiger partial charge in [0.05, 0.1) is 35.9 Å². The minimum Gasteiger partial charge on any atom is -0.497 e. The average Bonchev–Trinajstić information content (AvgIpc) is 3.08. The van der Waals surface area contributed by atoms with Crippen molar-refractivity contribution in [2.24, 2.45) is 0 Å². The predicted octanol–water partition coefficient (Wildman–Crippen LogP) is 3.22. The lowest BCUT2D eigenvalue weighted by Crippen LogP contribution is -2.14. The largest absolute Gasteiger partial charge is 0.497 e. The summed E-state index contributed by atoms with van der Waals surface area (Å²) in [6.07, 6.45) is 0. The average molecular weight is 388 g/mol. The molecule has 27 heavy (non-hydrogen) atoms. The number of methoxy groups -OCH3 is 2. The smallest absolute Gasteiger partial charge is 0.311 e. The monoisotopic (exact) mass is 388 g/mol. The van der Waals surface area contributed by atoms with Gasteiger partial charge >= 0.3 is 5.69 Å². The Balaban J connectivity index is 1.63. The molecular weight excluding hydrogens is 372 g/mol. The van der Waals surface area contributed by atoms with Crippen molar-refractivity contribution in [1.82, 2.24) is 9.97 Å². The number of hydrogen-bond acceptors (Lipinski definition) is 7. The second kappa shape index (κ2) is 7.96. The number of nitro groups is 1. The highest BCUT2D eigenvalue weighted by Gasteiger charge is 2.16. The van der Waals surface area contributed by atoms with Crippen LogP contribution in [0.3, 0.4) is 0 Å². The van der Waals surface area contributed by atoms with E-state index in [0.717, 1.165) is 11.0 Å². The molecule has 140 valence electrons. The number of fused-ring (bicyclic) bond motifs is 1. The Hall–Kier alpha value is -3.27. The number of thioether (sulfide) groups is 1. The number of amides is 1. The van der Waals surface area contributed by atoms with Crippen LogP contribution in [0.2, 0.25) is 0 Å². The van der Waals surface area contributed by atoms with Crippen LogP contribution in [-0.2, 0) is 4.79 Å². The number of nitro benzene ring substituents is 1. The molecule has 2 aromatic carbocycles. The van der Waals surface area contributed by atoms with E-state index in [4.69, 9.17) is 9.47 Å². The van der Waals surface area contributed by atoms with Gasteiger partial charge in [0, 0.05) is 23.9 Å². The summed E-state index contributed by atoms with van der Waals surface area (Å²) in [5.74, 6) is 0.647. The molecule has 3 aromatic rings. The van der Waals surface area contributed by atoms with E-state index in [9.17, 15) is 14.9 Å². The number of rotatable bonds is 7. The second-order valence-corrected chi connectivity index (χ2v) is 6.37. The molecule has 1 aromatic heterocycles. The van der Waals surface area contributed by atoms with E-state index in [2.05, 4.69) is 15.3 Å². The Kier molecular flexibility index (Phi) is 5.46. The van der Waals surface area contributed by atoms with Crippen molar-refractivity contribution in [3.63, 3.8) is 0 Å². The third-order valence-corrected chi connectivity index (χ3v) is 4.54. The van der Waals surface area contributed by atoms with Gasteiger partial charge in [-0.25, -0.2) is 4.98 Å². The molecule has 1 heterocycles. The molecule has 0 aliphatic rings. The van der Waals surface area contributed by atoms with E-state index in [-0.39, 0.29) is 23.1 Å². The van der Waals surface area contributed by atoms with Crippen LogP contribution in [0, 0.1) is 10.1 Å². The molecule has 0 unspecified atom stereocenters. The molecule has 0 bridgehead atoms. The first-order valence-corrected chi connectivity index (χ1v) is 8.77. The third kappa shape index (κ3) is 4.29. The Morgan fingerprint density at radius 1 is 1.26 bits per heavy atom. The first-order chi connectivity index (χ1) is 13.0. The Morgan fingerprint density at radius 3 is 2.78 bits per heavy atom. The molecule has 0 saturated heterocycles. The fourth-order valence-electron chi connectivity index (χ4n) is 2.40.